The molecule has 1 aliphatic carbocycles. The maximum absolute atomic E-state index is 10.6. The molecule has 1 N–H and O–H groups in total. The summed E-state index contributed by atoms with van der Waals surface area (Å²) >= 11 is 0. The number of nitrogens with zero attached hydrogens (tertiary/aromatic N) is 2. The Kier molecular flexibility index (Phi) is 5.30. The van der Waals surface area contributed by atoms with Gasteiger partial charge in [0.05, 0.1) is 24.7 Å². The lowest BCUT2D eigenvalue weighted by atomic mass is 10.1. The van der Waals surface area contributed by atoms with Gasteiger partial charge in [-0.05, 0) is 37.1 Å². The van der Waals surface area contributed by atoms with Crippen molar-refractivity contribution in [1.82, 2.24) is 9.55 Å². The molecule has 1 aromatic heterocycles. The molecule has 4 rings (SSSR count). The summed E-state index contributed by atoms with van der Waals surface area (Å²) in [7, 11) is 1.63. The Morgan fingerprint density at radius 1 is 1.11 bits per heavy atom. The molecule has 0 aliphatic heterocycles. The Bertz CT molecular complexity index is 899. The van der Waals surface area contributed by atoms with Crippen LogP contribution in [0.3, 0.4) is 0 Å². The molecule has 0 radical (unpaired) electrons. The standard InChI is InChI=1S/C22H26N2O3/c1-26-18-9-6-10-19(13-18)27-15-17(25)14-24-21-12-5-4-11-20(21)23-22(24)16-7-2-3-8-16/h4-6,9-13,16-17,25H,2-3,7-8,14-15H2,1H3. The van der Waals surface area contributed by atoms with E-state index in [2.05, 4.69) is 10.6 Å². The first-order valence-electron chi connectivity index (χ1n) is 9.64. The number of fused-ring (bicyclic) bond motifs is 1. The molecule has 0 bridgehead atoms. The van der Waals surface area contributed by atoms with Gasteiger partial charge >= 0.3 is 0 Å². The van der Waals surface area contributed by atoms with E-state index in [1.165, 1.54) is 25.7 Å². The molecule has 142 valence electrons. The first kappa shape index (κ1) is 17.9. The minimum absolute atomic E-state index is 0.226. The van der Waals surface area contributed by atoms with Crippen molar-refractivity contribution in [3.8, 4) is 11.5 Å². The lowest BCUT2D eigenvalue weighted by molar-refractivity contribution is 0.0923. The van der Waals surface area contributed by atoms with E-state index < -0.39 is 6.10 Å². The van der Waals surface area contributed by atoms with Crippen LogP contribution in [0.4, 0.5) is 0 Å². The first-order valence-corrected chi connectivity index (χ1v) is 9.64. The summed E-state index contributed by atoms with van der Waals surface area (Å²) < 4.78 is 13.2. The van der Waals surface area contributed by atoms with Gasteiger partial charge in [-0.1, -0.05) is 31.0 Å². The summed E-state index contributed by atoms with van der Waals surface area (Å²) in [5.41, 5.74) is 2.08. The van der Waals surface area contributed by atoms with Gasteiger partial charge in [-0.3, -0.25) is 0 Å². The predicted octanol–water partition coefficient (Wildman–Crippen LogP) is 4.14. The predicted molar refractivity (Wildman–Crippen MR) is 105 cm³/mol. The van der Waals surface area contributed by atoms with Gasteiger partial charge in [0, 0.05) is 12.0 Å². The van der Waals surface area contributed by atoms with Gasteiger partial charge in [-0.15, -0.1) is 0 Å². The number of ether oxygens (including phenoxy) is 2. The summed E-state index contributed by atoms with van der Waals surface area (Å²) in [6.07, 6.45) is 4.26. The first-order chi connectivity index (χ1) is 13.2. The molecule has 27 heavy (non-hydrogen) atoms. The number of benzene rings is 2. The van der Waals surface area contributed by atoms with E-state index in [1.807, 2.05) is 42.5 Å². The smallest absolute Gasteiger partial charge is 0.123 e. The summed E-state index contributed by atoms with van der Waals surface area (Å²) in [4.78, 5) is 4.88. The third kappa shape index (κ3) is 3.93. The van der Waals surface area contributed by atoms with E-state index in [1.54, 1.807) is 7.11 Å². The number of hydrogen-bond donors (Lipinski definition) is 1. The van der Waals surface area contributed by atoms with Crippen LogP contribution in [0.1, 0.15) is 37.4 Å². The third-order valence-corrected chi connectivity index (χ3v) is 5.28. The molecule has 1 heterocycles. The van der Waals surface area contributed by atoms with Crippen LogP contribution >= 0.6 is 0 Å². The quantitative estimate of drug-likeness (QED) is 0.683. The molecule has 5 nitrogen and oxygen atoms in total. The molecule has 0 saturated heterocycles. The van der Waals surface area contributed by atoms with Gasteiger partial charge < -0.3 is 19.1 Å². The number of aromatic nitrogens is 2. The topological polar surface area (TPSA) is 56.5 Å². The van der Waals surface area contributed by atoms with Gasteiger partial charge in [0.1, 0.15) is 30.0 Å². The number of para-hydroxylation sites is 2. The Labute approximate surface area is 159 Å². The second-order valence-corrected chi connectivity index (χ2v) is 7.19. The molecular weight excluding hydrogens is 340 g/mol. The van der Waals surface area contributed by atoms with E-state index in [-0.39, 0.29) is 6.61 Å². The minimum Gasteiger partial charge on any atom is -0.497 e. The highest BCUT2D eigenvalue weighted by Gasteiger charge is 2.24. The van der Waals surface area contributed by atoms with Gasteiger partial charge in [0.2, 0.25) is 0 Å². The highest BCUT2D eigenvalue weighted by molar-refractivity contribution is 5.76. The van der Waals surface area contributed by atoms with Gasteiger partial charge in [-0.2, -0.15) is 0 Å². The fraction of sp³-hybridized carbons (Fsp3) is 0.409. The Balaban J connectivity index is 1.50. The SMILES string of the molecule is COc1cccc(OCC(O)Cn2c(C3CCCC3)nc3ccccc32)c1. The van der Waals surface area contributed by atoms with Crippen LogP contribution < -0.4 is 9.47 Å². The fourth-order valence-electron chi connectivity index (χ4n) is 3.93. The highest BCUT2D eigenvalue weighted by Crippen LogP contribution is 2.35. The maximum Gasteiger partial charge on any atom is 0.123 e. The van der Waals surface area contributed by atoms with Crippen LogP contribution in [0.25, 0.3) is 11.0 Å². The van der Waals surface area contributed by atoms with E-state index >= 15 is 0 Å². The number of rotatable bonds is 7. The van der Waals surface area contributed by atoms with Crippen molar-refractivity contribution in [1.29, 1.82) is 0 Å². The van der Waals surface area contributed by atoms with Crippen LogP contribution in [0.15, 0.2) is 48.5 Å². The molecular formula is C22H26N2O3. The van der Waals surface area contributed by atoms with E-state index in [9.17, 15) is 5.11 Å². The Morgan fingerprint density at radius 3 is 2.70 bits per heavy atom. The van der Waals surface area contributed by atoms with Crippen LogP contribution in [-0.2, 0) is 6.54 Å². The molecule has 5 heteroatoms. The van der Waals surface area contributed by atoms with Crippen LogP contribution in [-0.4, -0.2) is 34.5 Å². The van der Waals surface area contributed by atoms with Gasteiger partial charge in [-0.25, -0.2) is 4.98 Å². The molecule has 2 aromatic carbocycles. The van der Waals surface area contributed by atoms with Crippen molar-refractivity contribution in [2.75, 3.05) is 13.7 Å². The van der Waals surface area contributed by atoms with Crippen molar-refractivity contribution >= 4 is 11.0 Å². The molecule has 1 saturated carbocycles. The van der Waals surface area contributed by atoms with Crippen LogP contribution in [0, 0.1) is 0 Å². The van der Waals surface area contributed by atoms with Gasteiger partial charge in [0.25, 0.3) is 0 Å². The molecule has 1 aliphatic rings. The lowest BCUT2D eigenvalue weighted by Gasteiger charge is -2.18. The maximum atomic E-state index is 10.6. The molecule has 1 unspecified atom stereocenters. The van der Waals surface area contributed by atoms with Crippen molar-refractivity contribution < 1.29 is 14.6 Å². The van der Waals surface area contributed by atoms with E-state index in [0.717, 1.165) is 22.6 Å². The zero-order chi connectivity index (χ0) is 18.6. The number of aliphatic hydroxyl groups excluding tert-OH is 1. The minimum atomic E-state index is -0.617. The zero-order valence-electron chi connectivity index (χ0n) is 15.7. The molecule has 3 aromatic rings. The van der Waals surface area contributed by atoms with Gasteiger partial charge in [0.15, 0.2) is 0 Å². The van der Waals surface area contributed by atoms with Crippen molar-refractivity contribution in [3.63, 3.8) is 0 Å². The largest absolute Gasteiger partial charge is 0.497 e. The van der Waals surface area contributed by atoms with Crippen LogP contribution in [0.2, 0.25) is 0 Å². The summed E-state index contributed by atoms with van der Waals surface area (Å²) in [5.74, 6) is 3.03. The van der Waals surface area contributed by atoms with Crippen molar-refractivity contribution in [3.05, 3.63) is 54.4 Å². The third-order valence-electron chi connectivity index (χ3n) is 5.28. The normalized spacial score (nSPS) is 15.9. The molecule has 1 atom stereocenters. The van der Waals surface area contributed by atoms with Crippen molar-refractivity contribution in [2.24, 2.45) is 0 Å². The summed E-state index contributed by atoms with van der Waals surface area (Å²) in [6, 6.07) is 15.6. The Hall–Kier alpha value is -2.53. The number of hydrogen-bond acceptors (Lipinski definition) is 4. The summed E-state index contributed by atoms with van der Waals surface area (Å²) in [6.45, 7) is 0.708. The zero-order valence-corrected chi connectivity index (χ0v) is 15.7. The lowest BCUT2D eigenvalue weighted by Crippen LogP contribution is -2.25. The monoisotopic (exact) mass is 366 g/mol. The second-order valence-electron chi connectivity index (χ2n) is 7.19. The molecule has 0 amide bonds. The highest BCUT2D eigenvalue weighted by atomic mass is 16.5. The van der Waals surface area contributed by atoms with Crippen LogP contribution in [0.5, 0.6) is 11.5 Å². The average Bonchev–Trinajstić information content (AvgIpc) is 3.35. The number of imidazole rings is 1. The fourth-order valence-corrected chi connectivity index (χ4v) is 3.93. The number of aliphatic hydroxyl groups is 1. The number of methoxy groups -OCH3 is 1. The van der Waals surface area contributed by atoms with E-state index in [0.29, 0.717) is 18.2 Å². The average molecular weight is 366 g/mol. The van der Waals surface area contributed by atoms with E-state index in [4.69, 9.17) is 14.5 Å². The molecule has 1 fully saturated rings. The second kappa shape index (κ2) is 8.01. The Morgan fingerprint density at radius 2 is 1.89 bits per heavy atom. The van der Waals surface area contributed by atoms with Crippen molar-refractivity contribution in [2.45, 2.75) is 44.2 Å². The molecule has 0 spiro atoms. The summed E-state index contributed by atoms with van der Waals surface area (Å²) in [5, 5.41) is 10.6.